The number of rotatable bonds is 3. The van der Waals surface area contributed by atoms with Crippen LogP contribution in [0.15, 0.2) is 11.1 Å². The first-order valence-corrected chi connectivity index (χ1v) is 4.71. The van der Waals surface area contributed by atoms with Crippen LogP contribution in [0.4, 0.5) is 0 Å². The molecule has 0 radical (unpaired) electrons. The van der Waals surface area contributed by atoms with Crippen molar-refractivity contribution in [3.05, 3.63) is 11.1 Å². The zero-order chi connectivity index (χ0) is 9.26. The Morgan fingerprint density at radius 2 is 1.92 bits per heavy atom. The first-order valence-electron chi connectivity index (χ1n) is 4.71. The molecule has 74 valence electrons. The third kappa shape index (κ3) is 1.91. The molecule has 2 aliphatic heterocycles. The maximum absolute atomic E-state index is 9.26. The van der Waals surface area contributed by atoms with E-state index < -0.39 is 6.10 Å². The van der Waals surface area contributed by atoms with Crippen LogP contribution in [-0.2, 0) is 0 Å². The molecule has 0 aromatic heterocycles. The maximum Gasteiger partial charge on any atom is 0.0897 e. The molecule has 1 unspecified atom stereocenters. The quantitative estimate of drug-likeness (QED) is 0.470. The predicted molar refractivity (Wildman–Crippen MR) is 49.4 cm³/mol. The predicted octanol–water partition coefficient (Wildman–Crippen LogP) is -1.44. The van der Waals surface area contributed by atoms with Gasteiger partial charge in [-0.1, -0.05) is 0 Å². The van der Waals surface area contributed by atoms with E-state index in [2.05, 4.69) is 10.2 Å². The van der Waals surface area contributed by atoms with Crippen molar-refractivity contribution in [2.75, 3.05) is 39.3 Å². The van der Waals surface area contributed by atoms with E-state index in [1.165, 1.54) is 11.1 Å². The molecule has 13 heavy (non-hydrogen) atoms. The third-order valence-corrected chi connectivity index (χ3v) is 2.69. The number of nitrogens with zero attached hydrogens (tertiary/aromatic N) is 1. The van der Waals surface area contributed by atoms with Gasteiger partial charge < -0.3 is 15.5 Å². The maximum atomic E-state index is 9.26. The number of aliphatic hydroxyl groups excluding tert-OH is 2. The summed E-state index contributed by atoms with van der Waals surface area (Å²) < 4.78 is 0. The Hall–Kier alpha value is -0.420. The molecule has 0 aliphatic carbocycles. The summed E-state index contributed by atoms with van der Waals surface area (Å²) in [6.07, 6.45) is -0.590. The van der Waals surface area contributed by atoms with Gasteiger partial charge >= 0.3 is 0 Å². The van der Waals surface area contributed by atoms with Gasteiger partial charge in [-0.15, -0.1) is 0 Å². The lowest BCUT2D eigenvalue weighted by molar-refractivity contribution is 0.0665. The Balaban J connectivity index is 1.82. The summed E-state index contributed by atoms with van der Waals surface area (Å²) in [6.45, 7) is 4.36. The standard InChI is InChI=1S/C9H16N2O2/c12-6-9(13)5-11-3-7-1-10-2-8(7)4-11/h9-10,12-13H,1-6H2. The molecule has 2 heterocycles. The van der Waals surface area contributed by atoms with E-state index in [-0.39, 0.29) is 6.61 Å². The summed E-state index contributed by atoms with van der Waals surface area (Å²) in [5.74, 6) is 0. The van der Waals surface area contributed by atoms with Gasteiger partial charge in [0.25, 0.3) is 0 Å². The Kier molecular flexibility index (Phi) is 2.64. The first-order chi connectivity index (χ1) is 6.29. The number of nitrogens with one attached hydrogen (secondary N) is 1. The van der Waals surface area contributed by atoms with Gasteiger partial charge in [0, 0.05) is 32.7 Å². The van der Waals surface area contributed by atoms with Crippen molar-refractivity contribution in [2.45, 2.75) is 6.10 Å². The topological polar surface area (TPSA) is 55.7 Å². The second-order valence-electron chi connectivity index (χ2n) is 3.82. The average molecular weight is 184 g/mol. The second kappa shape index (κ2) is 3.75. The van der Waals surface area contributed by atoms with Crippen LogP contribution in [0.2, 0.25) is 0 Å². The summed E-state index contributed by atoms with van der Waals surface area (Å²) >= 11 is 0. The van der Waals surface area contributed by atoms with E-state index in [0.29, 0.717) is 6.54 Å². The molecule has 0 aromatic carbocycles. The summed E-state index contributed by atoms with van der Waals surface area (Å²) in [7, 11) is 0. The smallest absolute Gasteiger partial charge is 0.0897 e. The van der Waals surface area contributed by atoms with Gasteiger partial charge in [-0.2, -0.15) is 0 Å². The van der Waals surface area contributed by atoms with E-state index >= 15 is 0 Å². The zero-order valence-corrected chi connectivity index (χ0v) is 7.66. The highest BCUT2D eigenvalue weighted by atomic mass is 16.3. The van der Waals surface area contributed by atoms with Gasteiger partial charge in [0.05, 0.1) is 12.7 Å². The molecular weight excluding hydrogens is 168 g/mol. The van der Waals surface area contributed by atoms with E-state index in [0.717, 1.165) is 26.2 Å². The molecule has 3 N–H and O–H groups in total. The van der Waals surface area contributed by atoms with Crippen molar-refractivity contribution >= 4 is 0 Å². The number of hydrogen-bond donors (Lipinski definition) is 3. The molecule has 4 heteroatoms. The molecular formula is C9H16N2O2. The van der Waals surface area contributed by atoms with Gasteiger partial charge in [-0.3, -0.25) is 4.90 Å². The average Bonchev–Trinajstić information content (AvgIpc) is 2.63. The van der Waals surface area contributed by atoms with Gasteiger partial charge in [0.15, 0.2) is 0 Å². The fourth-order valence-electron chi connectivity index (χ4n) is 2.03. The first kappa shape index (κ1) is 9.15. The number of hydrogen-bond acceptors (Lipinski definition) is 4. The van der Waals surface area contributed by atoms with Gasteiger partial charge in [-0.05, 0) is 11.1 Å². The summed E-state index contributed by atoms with van der Waals surface area (Å²) in [5.41, 5.74) is 2.95. The highest BCUT2D eigenvalue weighted by Crippen LogP contribution is 2.20. The van der Waals surface area contributed by atoms with Gasteiger partial charge in [0.2, 0.25) is 0 Å². The van der Waals surface area contributed by atoms with Crippen LogP contribution in [0.25, 0.3) is 0 Å². The Labute approximate surface area is 77.9 Å². The highest BCUT2D eigenvalue weighted by Gasteiger charge is 2.25. The lowest BCUT2D eigenvalue weighted by Gasteiger charge is -2.20. The minimum Gasteiger partial charge on any atom is -0.394 e. The fraction of sp³-hybridized carbons (Fsp3) is 0.778. The molecule has 0 aromatic rings. The van der Waals surface area contributed by atoms with Gasteiger partial charge in [0.1, 0.15) is 0 Å². The number of aliphatic hydroxyl groups is 2. The molecule has 2 rings (SSSR count). The minimum absolute atomic E-state index is 0.139. The molecule has 0 saturated carbocycles. The van der Waals surface area contributed by atoms with Crippen LogP contribution in [0.1, 0.15) is 0 Å². The summed E-state index contributed by atoms with van der Waals surface area (Å²) in [5, 5.41) is 21.3. The van der Waals surface area contributed by atoms with Crippen molar-refractivity contribution < 1.29 is 10.2 Å². The molecule has 0 saturated heterocycles. The SMILES string of the molecule is OCC(O)CN1CC2=C(CNC2)C1. The van der Waals surface area contributed by atoms with Crippen LogP contribution < -0.4 is 5.32 Å². The molecule has 2 aliphatic rings. The highest BCUT2D eigenvalue weighted by molar-refractivity contribution is 5.29. The second-order valence-corrected chi connectivity index (χ2v) is 3.82. The molecule has 0 fully saturated rings. The third-order valence-electron chi connectivity index (χ3n) is 2.69. The normalized spacial score (nSPS) is 25.4. The van der Waals surface area contributed by atoms with Crippen LogP contribution in [0.3, 0.4) is 0 Å². The Morgan fingerprint density at radius 1 is 1.31 bits per heavy atom. The molecule has 4 nitrogen and oxygen atoms in total. The number of β-amino-alcohol motifs (C(OH)–C–C–N with tert-alkyl or cyclic N) is 1. The Morgan fingerprint density at radius 3 is 2.46 bits per heavy atom. The van der Waals surface area contributed by atoms with Crippen molar-refractivity contribution in [3.8, 4) is 0 Å². The molecule has 0 bridgehead atoms. The van der Waals surface area contributed by atoms with Crippen molar-refractivity contribution in [3.63, 3.8) is 0 Å². The van der Waals surface area contributed by atoms with E-state index in [1.807, 2.05) is 0 Å². The zero-order valence-electron chi connectivity index (χ0n) is 7.66. The summed E-state index contributed by atoms with van der Waals surface area (Å²) in [6, 6.07) is 0. The molecule has 0 spiro atoms. The largest absolute Gasteiger partial charge is 0.394 e. The lowest BCUT2D eigenvalue weighted by Crippen LogP contribution is -2.35. The van der Waals surface area contributed by atoms with Crippen molar-refractivity contribution in [1.29, 1.82) is 0 Å². The monoisotopic (exact) mass is 184 g/mol. The van der Waals surface area contributed by atoms with Crippen molar-refractivity contribution in [2.24, 2.45) is 0 Å². The van der Waals surface area contributed by atoms with Crippen LogP contribution in [0, 0.1) is 0 Å². The van der Waals surface area contributed by atoms with Crippen LogP contribution in [0.5, 0.6) is 0 Å². The summed E-state index contributed by atoms with van der Waals surface area (Å²) in [4.78, 5) is 2.19. The van der Waals surface area contributed by atoms with E-state index in [4.69, 9.17) is 5.11 Å². The van der Waals surface area contributed by atoms with Gasteiger partial charge in [-0.25, -0.2) is 0 Å². The lowest BCUT2D eigenvalue weighted by atomic mass is 10.2. The van der Waals surface area contributed by atoms with E-state index in [1.54, 1.807) is 0 Å². The van der Waals surface area contributed by atoms with E-state index in [9.17, 15) is 5.11 Å². The van der Waals surface area contributed by atoms with Crippen molar-refractivity contribution in [1.82, 2.24) is 10.2 Å². The minimum atomic E-state index is -0.590. The molecule has 1 atom stereocenters. The van der Waals surface area contributed by atoms with Crippen LogP contribution >= 0.6 is 0 Å². The Bertz CT molecular complexity index is 212. The molecule has 0 amide bonds. The van der Waals surface area contributed by atoms with Crippen LogP contribution in [-0.4, -0.2) is 60.5 Å². The fourth-order valence-corrected chi connectivity index (χ4v) is 2.03.